The van der Waals surface area contributed by atoms with Gasteiger partial charge in [0.15, 0.2) is 9.84 Å². The van der Waals surface area contributed by atoms with Crippen LogP contribution in [-0.2, 0) is 21.2 Å². The Labute approximate surface area is 131 Å². The Morgan fingerprint density at radius 2 is 1.86 bits per heavy atom. The molecule has 0 N–H and O–H groups in total. The van der Waals surface area contributed by atoms with Crippen LogP contribution in [-0.4, -0.2) is 20.6 Å². The van der Waals surface area contributed by atoms with E-state index in [2.05, 4.69) is 15.9 Å². The van der Waals surface area contributed by atoms with Crippen LogP contribution >= 0.6 is 15.9 Å². The molecule has 0 saturated heterocycles. The maximum atomic E-state index is 12.1. The van der Waals surface area contributed by atoms with Crippen molar-refractivity contribution >= 4 is 31.7 Å². The quantitative estimate of drug-likeness (QED) is 0.777. The lowest BCUT2D eigenvalue weighted by atomic mass is 10.2. The van der Waals surface area contributed by atoms with Crippen LogP contribution in [0.5, 0.6) is 0 Å². The Kier molecular flexibility index (Phi) is 4.80. The summed E-state index contributed by atoms with van der Waals surface area (Å²) < 4.78 is 29.4. The van der Waals surface area contributed by atoms with Gasteiger partial charge < -0.3 is 4.74 Å². The average molecular weight is 369 g/mol. The second kappa shape index (κ2) is 6.41. The van der Waals surface area contributed by atoms with Crippen LogP contribution in [0.15, 0.2) is 57.9 Å². The molecule has 2 aromatic rings. The van der Waals surface area contributed by atoms with Crippen molar-refractivity contribution in [2.45, 2.75) is 11.5 Å². The van der Waals surface area contributed by atoms with Gasteiger partial charge in [0, 0.05) is 10.7 Å². The monoisotopic (exact) mass is 368 g/mol. The molecule has 0 aromatic heterocycles. The van der Waals surface area contributed by atoms with Gasteiger partial charge in [-0.1, -0.05) is 40.2 Å². The number of hydrogen-bond acceptors (Lipinski definition) is 4. The van der Waals surface area contributed by atoms with Crippen molar-refractivity contribution in [3.8, 4) is 0 Å². The highest BCUT2D eigenvalue weighted by Crippen LogP contribution is 2.18. The average Bonchev–Trinajstić information content (AvgIpc) is 2.44. The van der Waals surface area contributed by atoms with Crippen LogP contribution in [0.1, 0.15) is 15.9 Å². The van der Waals surface area contributed by atoms with Crippen molar-refractivity contribution in [3.63, 3.8) is 0 Å². The molecular weight excluding hydrogens is 356 g/mol. The predicted molar refractivity (Wildman–Crippen MR) is 82.8 cm³/mol. The van der Waals surface area contributed by atoms with Crippen LogP contribution in [0.2, 0.25) is 0 Å². The highest BCUT2D eigenvalue weighted by molar-refractivity contribution is 9.10. The second-order valence-electron chi connectivity index (χ2n) is 4.47. The molecule has 0 bridgehead atoms. The summed E-state index contributed by atoms with van der Waals surface area (Å²) in [6.45, 7) is 0.0797. The van der Waals surface area contributed by atoms with Gasteiger partial charge in [-0.15, -0.1) is 0 Å². The molecule has 0 aliphatic rings. The number of sulfone groups is 1. The van der Waals surface area contributed by atoms with Gasteiger partial charge in [0.1, 0.15) is 6.61 Å². The summed E-state index contributed by atoms with van der Waals surface area (Å²) in [5.41, 5.74) is 0.865. The number of ether oxygens (including phenoxy) is 1. The normalized spacial score (nSPS) is 11.1. The summed E-state index contributed by atoms with van der Waals surface area (Å²) in [6, 6.07) is 13.4. The molecule has 4 nitrogen and oxygen atoms in total. The smallest absolute Gasteiger partial charge is 0.339 e. The van der Waals surface area contributed by atoms with E-state index in [4.69, 9.17) is 4.74 Å². The predicted octanol–water partition coefficient (Wildman–Crippen LogP) is 3.21. The molecule has 0 aliphatic carbocycles. The fourth-order valence-corrected chi connectivity index (χ4v) is 3.14. The van der Waals surface area contributed by atoms with Crippen LogP contribution in [0.3, 0.4) is 0 Å². The molecule has 0 radical (unpaired) electrons. The van der Waals surface area contributed by atoms with E-state index in [1.807, 2.05) is 24.3 Å². The first-order valence-corrected chi connectivity index (χ1v) is 8.77. The molecule has 21 heavy (non-hydrogen) atoms. The largest absolute Gasteiger partial charge is 0.457 e. The highest BCUT2D eigenvalue weighted by atomic mass is 79.9. The first-order chi connectivity index (χ1) is 9.88. The molecule has 110 valence electrons. The molecule has 0 spiro atoms. The molecule has 0 unspecified atom stereocenters. The standard InChI is InChI=1S/C15H13BrO4S/c1-21(18,19)14-8-3-2-7-13(14)15(17)20-10-11-5-4-6-12(16)9-11/h2-9H,10H2,1H3. The summed E-state index contributed by atoms with van der Waals surface area (Å²) >= 11 is 3.33. The van der Waals surface area contributed by atoms with E-state index in [1.54, 1.807) is 12.1 Å². The molecule has 0 amide bonds. The zero-order valence-electron chi connectivity index (χ0n) is 11.2. The second-order valence-corrected chi connectivity index (χ2v) is 7.37. The SMILES string of the molecule is CS(=O)(=O)c1ccccc1C(=O)OCc1cccc(Br)c1. The van der Waals surface area contributed by atoms with Crippen molar-refractivity contribution in [1.29, 1.82) is 0 Å². The van der Waals surface area contributed by atoms with Crippen molar-refractivity contribution in [3.05, 3.63) is 64.1 Å². The van der Waals surface area contributed by atoms with Gasteiger partial charge >= 0.3 is 5.97 Å². The summed E-state index contributed by atoms with van der Waals surface area (Å²) in [4.78, 5) is 12.0. The fraction of sp³-hybridized carbons (Fsp3) is 0.133. The van der Waals surface area contributed by atoms with E-state index in [-0.39, 0.29) is 17.1 Å². The summed E-state index contributed by atoms with van der Waals surface area (Å²) in [7, 11) is -3.48. The minimum atomic E-state index is -3.48. The Morgan fingerprint density at radius 1 is 1.14 bits per heavy atom. The minimum absolute atomic E-state index is 0.0238. The zero-order valence-corrected chi connectivity index (χ0v) is 13.6. The van der Waals surface area contributed by atoms with E-state index in [1.165, 1.54) is 12.1 Å². The summed E-state index contributed by atoms with van der Waals surface area (Å²) in [5, 5.41) is 0. The van der Waals surface area contributed by atoms with Crippen LogP contribution in [0.25, 0.3) is 0 Å². The molecular formula is C15H13BrO4S. The number of benzene rings is 2. The fourth-order valence-electron chi connectivity index (χ4n) is 1.81. The van der Waals surface area contributed by atoms with Crippen molar-refractivity contribution < 1.29 is 17.9 Å². The highest BCUT2D eigenvalue weighted by Gasteiger charge is 2.19. The summed E-state index contributed by atoms with van der Waals surface area (Å²) in [6.07, 6.45) is 1.06. The van der Waals surface area contributed by atoms with Gasteiger partial charge in [0.25, 0.3) is 0 Å². The molecule has 0 fully saturated rings. The van der Waals surface area contributed by atoms with E-state index in [0.717, 1.165) is 16.3 Å². The van der Waals surface area contributed by atoms with Crippen molar-refractivity contribution in [1.82, 2.24) is 0 Å². The van der Waals surface area contributed by atoms with E-state index < -0.39 is 15.8 Å². The van der Waals surface area contributed by atoms with Crippen LogP contribution in [0, 0.1) is 0 Å². The number of carbonyl (C=O) groups is 1. The van der Waals surface area contributed by atoms with Gasteiger partial charge in [-0.25, -0.2) is 13.2 Å². The summed E-state index contributed by atoms with van der Waals surface area (Å²) in [5.74, 6) is -0.656. The van der Waals surface area contributed by atoms with Gasteiger partial charge in [0.2, 0.25) is 0 Å². The molecule has 0 saturated carbocycles. The zero-order chi connectivity index (χ0) is 15.5. The Morgan fingerprint density at radius 3 is 2.52 bits per heavy atom. The number of hydrogen-bond donors (Lipinski definition) is 0. The maximum absolute atomic E-state index is 12.1. The van der Waals surface area contributed by atoms with E-state index in [9.17, 15) is 13.2 Å². The maximum Gasteiger partial charge on any atom is 0.339 e. The van der Waals surface area contributed by atoms with E-state index in [0.29, 0.717) is 0 Å². The third kappa shape index (κ3) is 4.15. The van der Waals surface area contributed by atoms with Gasteiger partial charge in [-0.05, 0) is 29.8 Å². The number of rotatable bonds is 4. The number of halogens is 1. The Hall–Kier alpha value is -1.66. The number of carbonyl (C=O) groups excluding carboxylic acids is 1. The van der Waals surface area contributed by atoms with Gasteiger partial charge in [-0.2, -0.15) is 0 Å². The van der Waals surface area contributed by atoms with Gasteiger partial charge in [0.05, 0.1) is 10.5 Å². The van der Waals surface area contributed by atoms with Crippen molar-refractivity contribution in [2.24, 2.45) is 0 Å². The molecule has 0 heterocycles. The Balaban J connectivity index is 2.18. The lowest BCUT2D eigenvalue weighted by Gasteiger charge is -2.08. The number of esters is 1. The first-order valence-electron chi connectivity index (χ1n) is 6.08. The lowest BCUT2D eigenvalue weighted by molar-refractivity contribution is 0.0468. The van der Waals surface area contributed by atoms with Crippen LogP contribution in [0.4, 0.5) is 0 Å². The third-order valence-corrected chi connectivity index (χ3v) is 4.41. The van der Waals surface area contributed by atoms with Crippen molar-refractivity contribution in [2.75, 3.05) is 6.26 Å². The minimum Gasteiger partial charge on any atom is -0.457 e. The molecule has 0 atom stereocenters. The molecule has 2 aromatic carbocycles. The molecule has 2 rings (SSSR count). The third-order valence-electron chi connectivity index (χ3n) is 2.77. The first kappa shape index (κ1) is 15.7. The molecule has 6 heteroatoms. The van der Waals surface area contributed by atoms with E-state index >= 15 is 0 Å². The topological polar surface area (TPSA) is 60.4 Å². The Bertz CT molecular complexity index is 769. The van der Waals surface area contributed by atoms with Gasteiger partial charge in [-0.3, -0.25) is 0 Å². The molecule has 0 aliphatic heterocycles. The van der Waals surface area contributed by atoms with Crippen LogP contribution < -0.4 is 0 Å². The lowest BCUT2D eigenvalue weighted by Crippen LogP contribution is -2.11.